The molecule has 0 fully saturated rings. The van der Waals surface area contributed by atoms with Crippen LogP contribution >= 0.6 is 11.6 Å². The van der Waals surface area contributed by atoms with Gasteiger partial charge in [0.1, 0.15) is 11.6 Å². The third-order valence-corrected chi connectivity index (χ3v) is 2.59. The van der Waals surface area contributed by atoms with E-state index in [1.165, 1.54) is 13.2 Å². The van der Waals surface area contributed by atoms with Crippen LogP contribution < -0.4 is 16.8 Å². The number of amides is 1. The van der Waals surface area contributed by atoms with Gasteiger partial charge in [-0.05, 0) is 12.2 Å². The van der Waals surface area contributed by atoms with Crippen molar-refractivity contribution in [2.75, 3.05) is 20.2 Å². The van der Waals surface area contributed by atoms with Crippen molar-refractivity contribution in [3.63, 3.8) is 0 Å². The molecule has 0 aromatic rings. The van der Waals surface area contributed by atoms with Crippen LogP contribution in [0, 0.1) is 0 Å². The lowest BCUT2D eigenvalue weighted by atomic mass is 9.88. The topological polar surface area (TPSA) is 90.4 Å². The van der Waals surface area contributed by atoms with E-state index < -0.39 is 11.6 Å². The fourth-order valence-electron chi connectivity index (χ4n) is 1.50. The smallest absolute Gasteiger partial charge is 0.247 e. The number of hydrogen-bond acceptors (Lipinski definition) is 4. The molecule has 2 atom stereocenters. The van der Waals surface area contributed by atoms with Crippen LogP contribution in [0.4, 0.5) is 0 Å². The molecule has 90 valence electrons. The minimum atomic E-state index is -1.28. The Morgan fingerprint density at radius 1 is 1.75 bits per heavy atom. The van der Waals surface area contributed by atoms with Crippen molar-refractivity contribution in [3.05, 3.63) is 23.3 Å². The first-order chi connectivity index (χ1) is 7.54. The molecule has 1 aliphatic rings. The standard InChI is InChI=1S/C10H16ClN3O2/c1-16-8-3-2-7(11)6-10(8,13)9(15)14-5-4-12/h2-3,6,8H,4-5,12-13H2,1H3,(H,14,15). The van der Waals surface area contributed by atoms with Gasteiger partial charge in [0.15, 0.2) is 0 Å². The third-order valence-electron chi connectivity index (χ3n) is 2.35. The van der Waals surface area contributed by atoms with E-state index in [1.807, 2.05) is 0 Å². The van der Waals surface area contributed by atoms with Crippen LogP contribution in [0.1, 0.15) is 0 Å². The molecule has 5 N–H and O–H groups in total. The average Bonchev–Trinajstić information content (AvgIpc) is 2.25. The van der Waals surface area contributed by atoms with Gasteiger partial charge >= 0.3 is 0 Å². The van der Waals surface area contributed by atoms with E-state index >= 15 is 0 Å². The summed E-state index contributed by atoms with van der Waals surface area (Å²) < 4.78 is 5.15. The summed E-state index contributed by atoms with van der Waals surface area (Å²) in [6.07, 6.45) is 4.25. The fraction of sp³-hybridized carbons (Fsp3) is 0.500. The monoisotopic (exact) mass is 245 g/mol. The number of allylic oxidation sites excluding steroid dienone is 2. The van der Waals surface area contributed by atoms with Gasteiger partial charge in [-0.2, -0.15) is 0 Å². The quantitative estimate of drug-likeness (QED) is 0.621. The molecule has 0 bridgehead atoms. The lowest BCUT2D eigenvalue weighted by molar-refractivity contribution is -0.127. The molecule has 0 spiro atoms. The van der Waals surface area contributed by atoms with Crippen LogP contribution in [0.25, 0.3) is 0 Å². The molecule has 2 unspecified atom stereocenters. The Balaban J connectivity index is 2.86. The van der Waals surface area contributed by atoms with E-state index in [4.69, 9.17) is 27.8 Å². The number of halogens is 1. The molecular weight excluding hydrogens is 230 g/mol. The lowest BCUT2D eigenvalue weighted by Crippen LogP contribution is -2.61. The van der Waals surface area contributed by atoms with Crippen molar-refractivity contribution < 1.29 is 9.53 Å². The molecule has 16 heavy (non-hydrogen) atoms. The molecule has 5 nitrogen and oxygen atoms in total. The number of ether oxygens (including phenoxy) is 1. The van der Waals surface area contributed by atoms with Crippen molar-refractivity contribution in [1.29, 1.82) is 0 Å². The molecule has 0 heterocycles. The van der Waals surface area contributed by atoms with Gasteiger partial charge in [-0.1, -0.05) is 17.7 Å². The van der Waals surface area contributed by atoms with Crippen LogP contribution in [-0.4, -0.2) is 37.7 Å². The third kappa shape index (κ3) is 2.62. The zero-order valence-corrected chi connectivity index (χ0v) is 9.83. The largest absolute Gasteiger partial charge is 0.375 e. The number of carbonyl (C=O) groups excluding carboxylic acids is 1. The SMILES string of the molecule is COC1C=CC(Cl)=CC1(N)C(=O)NCCN. The van der Waals surface area contributed by atoms with Crippen LogP contribution in [-0.2, 0) is 9.53 Å². The average molecular weight is 246 g/mol. The van der Waals surface area contributed by atoms with Crippen LogP contribution in [0.2, 0.25) is 0 Å². The van der Waals surface area contributed by atoms with E-state index in [2.05, 4.69) is 5.32 Å². The predicted molar refractivity (Wildman–Crippen MR) is 62.9 cm³/mol. The van der Waals surface area contributed by atoms with Gasteiger partial charge in [0.2, 0.25) is 5.91 Å². The number of hydrogen-bond donors (Lipinski definition) is 3. The Morgan fingerprint density at radius 3 is 3.00 bits per heavy atom. The molecule has 0 saturated heterocycles. The zero-order chi connectivity index (χ0) is 12.2. The second-order valence-corrected chi connectivity index (χ2v) is 3.96. The minimum Gasteiger partial charge on any atom is -0.375 e. The van der Waals surface area contributed by atoms with Gasteiger partial charge in [-0.3, -0.25) is 4.79 Å². The maximum absolute atomic E-state index is 11.9. The van der Waals surface area contributed by atoms with E-state index in [9.17, 15) is 4.79 Å². The molecule has 1 aliphatic carbocycles. The highest BCUT2D eigenvalue weighted by molar-refractivity contribution is 6.31. The first kappa shape index (κ1) is 13.2. The molecule has 6 heteroatoms. The molecular formula is C10H16ClN3O2. The first-order valence-corrected chi connectivity index (χ1v) is 5.29. The summed E-state index contributed by atoms with van der Waals surface area (Å²) in [5.41, 5.74) is 10.0. The van der Waals surface area contributed by atoms with E-state index in [-0.39, 0.29) is 5.91 Å². The van der Waals surface area contributed by atoms with E-state index in [0.717, 1.165) is 0 Å². The molecule has 0 aliphatic heterocycles. The second-order valence-electron chi connectivity index (χ2n) is 3.52. The van der Waals surface area contributed by atoms with Gasteiger partial charge in [0, 0.05) is 25.2 Å². The second kappa shape index (κ2) is 5.45. The summed E-state index contributed by atoms with van der Waals surface area (Å²) in [6, 6.07) is 0. The maximum atomic E-state index is 11.9. The maximum Gasteiger partial charge on any atom is 0.247 e. The van der Waals surface area contributed by atoms with Crippen molar-refractivity contribution in [1.82, 2.24) is 5.32 Å². The zero-order valence-electron chi connectivity index (χ0n) is 9.07. The Morgan fingerprint density at radius 2 is 2.44 bits per heavy atom. The Kier molecular flexibility index (Phi) is 4.49. The van der Waals surface area contributed by atoms with Crippen molar-refractivity contribution in [2.45, 2.75) is 11.6 Å². The number of rotatable bonds is 4. The summed E-state index contributed by atoms with van der Waals surface area (Å²) in [5, 5.41) is 3.04. The van der Waals surface area contributed by atoms with Gasteiger partial charge < -0.3 is 21.5 Å². The molecule has 1 rings (SSSR count). The lowest BCUT2D eigenvalue weighted by Gasteiger charge is -2.33. The summed E-state index contributed by atoms with van der Waals surface area (Å²) in [6.45, 7) is 0.718. The summed E-state index contributed by atoms with van der Waals surface area (Å²) in [7, 11) is 1.49. The molecule has 0 aromatic heterocycles. The van der Waals surface area contributed by atoms with Crippen LogP contribution in [0.3, 0.4) is 0 Å². The van der Waals surface area contributed by atoms with Crippen molar-refractivity contribution in [3.8, 4) is 0 Å². The highest BCUT2D eigenvalue weighted by Gasteiger charge is 2.41. The van der Waals surface area contributed by atoms with Gasteiger partial charge in [-0.15, -0.1) is 0 Å². The fourth-order valence-corrected chi connectivity index (χ4v) is 1.76. The molecule has 0 saturated carbocycles. The van der Waals surface area contributed by atoms with Crippen molar-refractivity contribution in [2.24, 2.45) is 11.5 Å². The Hall–Kier alpha value is -0.880. The highest BCUT2D eigenvalue weighted by Crippen LogP contribution is 2.24. The van der Waals surface area contributed by atoms with Crippen LogP contribution in [0.5, 0.6) is 0 Å². The summed E-state index contributed by atoms with van der Waals surface area (Å²) in [5.74, 6) is -0.354. The number of carbonyl (C=O) groups is 1. The van der Waals surface area contributed by atoms with Gasteiger partial charge in [0.25, 0.3) is 0 Å². The highest BCUT2D eigenvalue weighted by atomic mass is 35.5. The molecule has 1 amide bonds. The van der Waals surface area contributed by atoms with Crippen molar-refractivity contribution >= 4 is 17.5 Å². The Bertz CT molecular complexity index is 330. The summed E-state index contributed by atoms with van der Waals surface area (Å²) in [4.78, 5) is 11.9. The predicted octanol–water partition coefficient (Wildman–Crippen LogP) is -0.534. The van der Waals surface area contributed by atoms with Gasteiger partial charge in [0.05, 0.1) is 0 Å². The minimum absolute atomic E-state index is 0.354. The van der Waals surface area contributed by atoms with E-state index in [1.54, 1.807) is 12.2 Å². The normalized spacial score (nSPS) is 28.8. The first-order valence-electron chi connectivity index (χ1n) is 4.91. The number of nitrogens with one attached hydrogen (secondary N) is 1. The Labute approximate surface area is 99.4 Å². The van der Waals surface area contributed by atoms with Crippen LogP contribution in [0.15, 0.2) is 23.3 Å². The summed E-state index contributed by atoms with van der Waals surface area (Å²) >= 11 is 5.84. The molecule has 0 aromatic carbocycles. The number of methoxy groups -OCH3 is 1. The van der Waals surface area contributed by atoms with E-state index in [0.29, 0.717) is 18.1 Å². The molecule has 0 radical (unpaired) electrons. The number of nitrogens with two attached hydrogens (primary N) is 2. The van der Waals surface area contributed by atoms with Gasteiger partial charge in [-0.25, -0.2) is 0 Å².